The zero-order chi connectivity index (χ0) is 18.1. The summed E-state index contributed by atoms with van der Waals surface area (Å²) in [6.45, 7) is 1.44. The Morgan fingerprint density at radius 1 is 1.12 bits per heavy atom. The molecule has 1 aromatic rings. The molecule has 2 saturated carbocycles. The number of methoxy groups -OCH3 is 1. The number of carbonyl (C=O) groups excluding carboxylic acids is 1. The van der Waals surface area contributed by atoms with E-state index in [9.17, 15) is 9.59 Å². The lowest BCUT2D eigenvalue weighted by molar-refractivity contribution is -0.139. The molecule has 1 amide bonds. The van der Waals surface area contributed by atoms with Crippen LogP contribution < -0.4 is 5.56 Å². The third-order valence-electron chi connectivity index (χ3n) is 6.27. The van der Waals surface area contributed by atoms with Gasteiger partial charge in [0.25, 0.3) is 5.56 Å². The second kappa shape index (κ2) is 7.51. The fraction of sp³-hybridized carbons (Fsp3) is 0.750. The summed E-state index contributed by atoms with van der Waals surface area (Å²) in [5.74, 6) is 0.921. The van der Waals surface area contributed by atoms with Crippen molar-refractivity contribution >= 4 is 5.91 Å². The van der Waals surface area contributed by atoms with Crippen LogP contribution in [0, 0.1) is 5.92 Å². The van der Waals surface area contributed by atoms with Gasteiger partial charge in [0, 0.05) is 38.1 Å². The summed E-state index contributed by atoms with van der Waals surface area (Å²) in [6.07, 6.45) is 8.17. The third-order valence-corrected chi connectivity index (χ3v) is 6.27. The van der Waals surface area contributed by atoms with Gasteiger partial charge >= 0.3 is 0 Å². The molecule has 1 aliphatic heterocycles. The van der Waals surface area contributed by atoms with Crippen molar-refractivity contribution < 1.29 is 9.53 Å². The number of amides is 1. The zero-order valence-electron chi connectivity index (χ0n) is 15.6. The summed E-state index contributed by atoms with van der Waals surface area (Å²) < 4.78 is 7.14. The molecule has 142 valence electrons. The molecule has 3 aliphatic rings. The van der Waals surface area contributed by atoms with Gasteiger partial charge in [-0.25, -0.2) is 4.68 Å². The monoisotopic (exact) mass is 359 g/mol. The SMILES string of the molecule is CO[C@H]1CCC[C@@H](C(=O)N2CCC(n3nc(C4CC4)ccc3=O)CC2)C1. The molecule has 0 aromatic carbocycles. The number of hydrogen-bond donors (Lipinski definition) is 0. The van der Waals surface area contributed by atoms with Crippen molar-refractivity contribution in [2.75, 3.05) is 20.2 Å². The molecule has 0 radical (unpaired) electrons. The molecule has 4 rings (SSSR count). The van der Waals surface area contributed by atoms with E-state index in [1.165, 1.54) is 12.8 Å². The molecule has 2 aliphatic carbocycles. The smallest absolute Gasteiger partial charge is 0.267 e. The normalized spacial score (nSPS) is 27.5. The highest BCUT2D eigenvalue weighted by Gasteiger charge is 2.33. The number of piperidine rings is 1. The maximum absolute atomic E-state index is 12.9. The second-order valence-electron chi connectivity index (χ2n) is 8.09. The molecule has 0 bridgehead atoms. The maximum Gasteiger partial charge on any atom is 0.267 e. The molecule has 6 nitrogen and oxygen atoms in total. The highest BCUT2D eigenvalue weighted by atomic mass is 16.5. The van der Waals surface area contributed by atoms with Gasteiger partial charge in [0.2, 0.25) is 5.91 Å². The van der Waals surface area contributed by atoms with E-state index < -0.39 is 0 Å². The van der Waals surface area contributed by atoms with Gasteiger partial charge in [-0.1, -0.05) is 6.42 Å². The zero-order valence-corrected chi connectivity index (χ0v) is 15.6. The molecule has 6 heteroatoms. The van der Waals surface area contributed by atoms with E-state index in [2.05, 4.69) is 5.10 Å². The molecule has 1 saturated heterocycles. The number of carbonyl (C=O) groups is 1. The number of ether oxygens (including phenoxy) is 1. The Morgan fingerprint density at radius 3 is 2.58 bits per heavy atom. The Balaban J connectivity index is 1.37. The predicted octanol–water partition coefficient (Wildman–Crippen LogP) is 2.49. The molecule has 1 aromatic heterocycles. The van der Waals surface area contributed by atoms with E-state index in [1.54, 1.807) is 17.9 Å². The molecular formula is C20H29N3O3. The number of rotatable bonds is 4. The molecular weight excluding hydrogens is 330 g/mol. The largest absolute Gasteiger partial charge is 0.381 e. The van der Waals surface area contributed by atoms with Gasteiger partial charge in [0.15, 0.2) is 0 Å². The topological polar surface area (TPSA) is 64.4 Å². The minimum absolute atomic E-state index is 0.0191. The highest BCUT2D eigenvalue weighted by molar-refractivity contribution is 5.79. The average Bonchev–Trinajstić information content (AvgIpc) is 3.53. The molecule has 2 atom stereocenters. The van der Waals surface area contributed by atoms with Crippen LogP contribution in [-0.2, 0) is 9.53 Å². The van der Waals surface area contributed by atoms with Gasteiger partial charge < -0.3 is 9.64 Å². The first-order valence-corrected chi connectivity index (χ1v) is 10.1. The lowest BCUT2D eigenvalue weighted by Gasteiger charge is -2.36. The van der Waals surface area contributed by atoms with E-state index >= 15 is 0 Å². The van der Waals surface area contributed by atoms with Crippen molar-refractivity contribution in [3.05, 3.63) is 28.2 Å². The number of nitrogens with zero attached hydrogens (tertiary/aromatic N) is 3. The van der Waals surface area contributed by atoms with Gasteiger partial charge in [0.1, 0.15) is 0 Å². The van der Waals surface area contributed by atoms with E-state index in [4.69, 9.17) is 4.74 Å². The summed E-state index contributed by atoms with van der Waals surface area (Å²) in [6, 6.07) is 3.65. The molecule has 2 heterocycles. The van der Waals surface area contributed by atoms with E-state index in [-0.39, 0.29) is 29.5 Å². The van der Waals surface area contributed by atoms with Crippen molar-refractivity contribution in [3.8, 4) is 0 Å². The van der Waals surface area contributed by atoms with Crippen LogP contribution in [0.5, 0.6) is 0 Å². The number of likely N-dealkylation sites (tertiary alicyclic amines) is 1. The van der Waals surface area contributed by atoms with Crippen LogP contribution in [0.4, 0.5) is 0 Å². The maximum atomic E-state index is 12.9. The van der Waals surface area contributed by atoms with Crippen LogP contribution in [0.2, 0.25) is 0 Å². The summed E-state index contributed by atoms with van der Waals surface area (Å²) >= 11 is 0. The Labute approximate surface area is 154 Å². The summed E-state index contributed by atoms with van der Waals surface area (Å²) in [5, 5.41) is 4.62. The van der Waals surface area contributed by atoms with Crippen molar-refractivity contribution in [2.45, 2.75) is 69.4 Å². The van der Waals surface area contributed by atoms with Crippen LogP contribution in [0.15, 0.2) is 16.9 Å². The first-order valence-electron chi connectivity index (χ1n) is 10.1. The van der Waals surface area contributed by atoms with Crippen LogP contribution in [-0.4, -0.2) is 46.9 Å². The summed E-state index contributed by atoms with van der Waals surface area (Å²) in [7, 11) is 1.74. The second-order valence-corrected chi connectivity index (χ2v) is 8.09. The van der Waals surface area contributed by atoms with Gasteiger partial charge in [-0.05, 0) is 51.0 Å². The standard InChI is InChI=1S/C20H29N3O3/c1-26-17-4-2-3-15(13-17)20(25)22-11-9-16(10-12-22)23-19(24)8-7-18(21-23)14-5-6-14/h7-8,14-17H,2-6,9-13H2,1H3/t15-,17+/m1/s1. The molecule has 3 fully saturated rings. The first kappa shape index (κ1) is 17.7. The van der Waals surface area contributed by atoms with E-state index in [0.717, 1.165) is 57.3 Å². The fourth-order valence-electron chi connectivity index (χ4n) is 4.47. The minimum Gasteiger partial charge on any atom is -0.381 e. The van der Waals surface area contributed by atoms with Crippen molar-refractivity contribution in [1.29, 1.82) is 0 Å². The first-order chi connectivity index (χ1) is 12.7. The molecule has 0 unspecified atom stereocenters. The van der Waals surface area contributed by atoms with Crippen molar-refractivity contribution in [1.82, 2.24) is 14.7 Å². The lowest BCUT2D eigenvalue weighted by atomic mass is 9.85. The predicted molar refractivity (Wildman–Crippen MR) is 98.1 cm³/mol. The molecule has 0 N–H and O–H groups in total. The quantitative estimate of drug-likeness (QED) is 0.828. The fourth-order valence-corrected chi connectivity index (χ4v) is 4.47. The van der Waals surface area contributed by atoms with Crippen LogP contribution >= 0.6 is 0 Å². The van der Waals surface area contributed by atoms with Crippen molar-refractivity contribution in [3.63, 3.8) is 0 Å². The Bertz CT molecular complexity index is 704. The Morgan fingerprint density at radius 2 is 1.88 bits per heavy atom. The van der Waals surface area contributed by atoms with E-state index in [1.807, 2.05) is 11.0 Å². The third kappa shape index (κ3) is 3.70. The van der Waals surface area contributed by atoms with Gasteiger partial charge in [0.05, 0.1) is 17.8 Å². The summed E-state index contributed by atoms with van der Waals surface area (Å²) in [5.41, 5.74) is 1.03. The molecule has 26 heavy (non-hydrogen) atoms. The number of hydrogen-bond acceptors (Lipinski definition) is 4. The minimum atomic E-state index is -0.0191. The molecule has 0 spiro atoms. The van der Waals surface area contributed by atoms with E-state index in [0.29, 0.717) is 5.92 Å². The van der Waals surface area contributed by atoms with Crippen LogP contribution in [0.1, 0.15) is 69.0 Å². The van der Waals surface area contributed by atoms with Gasteiger partial charge in [-0.3, -0.25) is 9.59 Å². The summed E-state index contributed by atoms with van der Waals surface area (Å²) in [4.78, 5) is 27.1. The highest BCUT2D eigenvalue weighted by Crippen LogP contribution is 2.38. The van der Waals surface area contributed by atoms with Crippen molar-refractivity contribution in [2.24, 2.45) is 5.92 Å². The Hall–Kier alpha value is -1.69. The number of aromatic nitrogens is 2. The van der Waals surface area contributed by atoms with Gasteiger partial charge in [-0.15, -0.1) is 0 Å². The lowest BCUT2D eigenvalue weighted by Crippen LogP contribution is -2.45. The Kier molecular flexibility index (Phi) is 5.11. The van der Waals surface area contributed by atoms with Crippen LogP contribution in [0.3, 0.4) is 0 Å². The van der Waals surface area contributed by atoms with Gasteiger partial charge in [-0.2, -0.15) is 5.10 Å². The average molecular weight is 359 g/mol. The van der Waals surface area contributed by atoms with Crippen LogP contribution in [0.25, 0.3) is 0 Å².